The number of ether oxygens (including phenoxy) is 1. The Labute approximate surface area is 154 Å². The van der Waals surface area contributed by atoms with Gasteiger partial charge in [0.2, 0.25) is 14.8 Å². The number of nitriles is 1. The van der Waals surface area contributed by atoms with Crippen molar-refractivity contribution in [1.29, 1.82) is 5.26 Å². The maximum Gasteiger partial charge on any atom is 0.245 e. The van der Waals surface area contributed by atoms with Gasteiger partial charge in [0.1, 0.15) is 22.9 Å². The van der Waals surface area contributed by atoms with Gasteiger partial charge in [-0.1, -0.05) is 6.58 Å². The number of aliphatic hydroxyl groups is 1. The molecule has 0 bridgehead atoms. The van der Waals surface area contributed by atoms with E-state index in [1.807, 2.05) is 0 Å². The molecule has 0 fully saturated rings. The average molecular weight is 389 g/mol. The quantitative estimate of drug-likeness (QED) is 0.849. The molecule has 2 atom stereocenters. The van der Waals surface area contributed by atoms with Gasteiger partial charge in [-0.2, -0.15) is 5.26 Å². The Morgan fingerprint density at radius 2 is 2.04 bits per heavy atom. The number of hydrogen-bond donors (Lipinski definition) is 1. The maximum atomic E-state index is 15.1. The zero-order valence-corrected chi connectivity index (χ0v) is 14.9. The van der Waals surface area contributed by atoms with Gasteiger partial charge < -0.3 is 9.84 Å². The van der Waals surface area contributed by atoms with E-state index in [2.05, 4.69) is 6.58 Å². The summed E-state index contributed by atoms with van der Waals surface area (Å²) in [5, 5.41) is 16.9. The lowest BCUT2D eigenvalue weighted by Gasteiger charge is -2.28. The number of nitrogens with zero attached hydrogens (tertiary/aromatic N) is 1. The van der Waals surface area contributed by atoms with Crippen molar-refractivity contribution in [3.63, 3.8) is 0 Å². The lowest BCUT2D eigenvalue weighted by Crippen LogP contribution is -2.44. The molecule has 1 N–H and O–H groups in total. The van der Waals surface area contributed by atoms with Gasteiger partial charge >= 0.3 is 0 Å². The van der Waals surface area contributed by atoms with Crippen LogP contribution in [0.4, 0.5) is 8.78 Å². The molecule has 2 aliphatic rings. The predicted octanol–water partition coefficient (Wildman–Crippen LogP) is 3.57. The van der Waals surface area contributed by atoms with Crippen LogP contribution in [0.1, 0.15) is 30.0 Å². The monoisotopic (exact) mass is 389 g/mol. The molecular weight excluding hydrogens is 376 g/mol. The molecule has 2 aromatic carbocycles. The number of rotatable bonds is 2. The van der Waals surface area contributed by atoms with Crippen LogP contribution in [-0.2, 0) is 15.4 Å². The van der Waals surface area contributed by atoms with Crippen LogP contribution in [0.5, 0.6) is 11.5 Å². The van der Waals surface area contributed by atoms with Crippen molar-refractivity contribution in [2.24, 2.45) is 0 Å². The Hall–Kier alpha value is -2.76. The van der Waals surface area contributed by atoms with Crippen molar-refractivity contribution in [3.8, 4) is 17.6 Å². The minimum atomic E-state index is -4.41. The van der Waals surface area contributed by atoms with Crippen molar-refractivity contribution in [3.05, 3.63) is 59.4 Å². The van der Waals surface area contributed by atoms with Crippen LogP contribution in [-0.4, -0.2) is 18.5 Å². The normalized spacial score (nSPS) is 27.3. The van der Waals surface area contributed by atoms with Gasteiger partial charge in [-0.25, -0.2) is 17.2 Å². The molecule has 0 radical (unpaired) electrons. The summed E-state index contributed by atoms with van der Waals surface area (Å²) in [5.74, 6) is -0.581. The molecule has 138 valence electrons. The second-order valence-electron chi connectivity index (χ2n) is 6.76. The Morgan fingerprint density at radius 1 is 1.33 bits per heavy atom. The van der Waals surface area contributed by atoms with Crippen LogP contribution in [0.25, 0.3) is 5.57 Å². The summed E-state index contributed by atoms with van der Waals surface area (Å²) in [7, 11) is -4.41. The minimum Gasteiger partial charge on any atom is -0.457 e. The van der Waals surface area contributed by atoms with Crippen LogP contribution in [0.15, 0.2) is 41.8 Å². The number of hydrogen-bond acceptors (Lipinski definition) is 5. The fourth-order valence-corrected chi connectivity index (χ4v) is 5.56. The first-order valence-electron chi connectivity index (χ1n) is 7.93. The van der Waals surface area contributed by atoms with Gasteiger partial charge in [0.25, 0.3) is 0 Å². The standard InChI is InChI=1S/C19H13F2NO4S/c1-10-8-19(23)17-15(27(24,25)18(19,2)21)4-3-14(16(10)17)26-13-6-11(9-22)5-12(20)7-13/h3-7,23H,1,8H2,2H3. The van der Waals surface area contributed by atoms with E-state index in [4.69, 9.17) is 10.00 Å². The van der Waals surface area contributed by atoms with E-state index in [0.717, 1.165) is 25.1 Å². The van der Waals surface area contributed by atoms with Gasteiger partial charge in [-0.05, 0) is 36.8 Å². The minimum absolute atomic E-state index is 0.00912. The molecule has 1 heterocycles. The van der Waals surface area contributed by atoms with Crippen molar-refractivity contribution in [1.82, 2.24) is 0 Å². The zero-order chi connectivity index (χ0) is 19.8. The third kappa shape index (κ3) is 2.07. The summed E-state index contributed by atoms with van der Waals surface area (Å²) < 4.78 is 59.5. The molecule has 1 aliphatic heterocycles. The number of halogens is 2. The number of sulfone groups is 1. The van der Waals surface area contributed by atoms with Gasteiger partial charge in [0.05, 0.1) is 16.5 Å². The third-order valence-electron chi connectivity index (χ3n) is 5.13. The first-order valence-corrected chi connectivity index (χ1v) is 9.41. The zero-order valence-electron chi connectivity index (χ0n) is 14.1. The lowest BCUT2D eigenvalue weighted by atomic mass is 9.91. The van der Waals surface area contributed by atoms with Crippen LogP contribution in [0.3, 0.4) is 0 Å². The summed E-state index contributed by atoms with van der Waals surface area (Å²) in [4.78, 5) is -0.312. The molecule has 0 spiro atoms. The molecule has 0 aromatic heterocycles. The fourth-order valence-electron chi connectivity index (χ4n) is 3.74. The van der Waals surface area contributed by atoms with Crippen molar-refractivity contribution in [2.75, 3.05) is 0 Å². The van der Waals surface area contributed by atoms with Gasteiger partial charge in [-0.15, -0.1) is 0 Å². The van der Waals surface area contributed by atoms with Crippen LogP contribution >= 0.6 is 0 Å². The molecule has 2 aromatic rings. The summed E-state index contributed by atoms with van der Waals surface area (Å²) in [6.07, 6.45) is -0.311. The van der Waals surface area contributed by atoms with Gasteiger partial charge in [0, 0.05) is 23.6 Å². The molecule has 0 amide bonds. The Kier molecular flexibility index (Phi) is 3.37. The SMILES string of the molecule is C=C1CC2(O)c3c(ccc(Oc4cc(F)cc(C#N)c4)c31)S(=O)(=O)C2(C)F. The van der Waals surface area contributed by atoms with E-state index in [9.17, 15) is 17.9 Å². The van der Waals surface area contributed by atoms with Crippen LogP contribution in [0.2, 0.25) is 0 Å². The molecule has 1 aliphatic carbocycles. The fraction of sp³-hybridized carbons (Fsp3) is 0.211. The summed E-state index contributed by atoms with van der Waals surface area (Å²) in [6, 6.07) is 7.66. The second kappa shape index (κ2) is 5.15. The van der Waals surface area contributed by atoms with Crippen LogP contribution in [0, 0.1) is 17.1 Å². The number of benzene rings is 2. The topological polar surface area (TPSA) is 87.4 Å². The highest BCUT2D eigenvalue weighted by atomic mass is 32.2. The van der Waals surface area contributed by atoms with Crippen LogP contribution < -0.4 is 4.74 Å². The highest BCUT2D eigenvalue weighted by molar-refractivity contribution is 7.93. The largest absolute Gasteiger partial charge is 0.457 e. The van der Waals surface area contributed by atoms with E-state index in [-0.39, 0.29) is 39.5 Å². The molecule has 27 heavy (non-hydrogen) atoms. The lowest BCUT2D eigenvalue weighted by molar-refractivity contribution is -0.0426. The van der Waals surface area contributed by atoms with Crippen molar-refractivity contribution < 1.29 is 27.0 Å². The van der Waals surface area contributed by atoms with Gasteiger partial charge in [0.15, 0.2) is 0 Å². The molecule has 4 rings (SSSR count). The van der Waals surface area contributed by atoms with Gasteiger partial charge in [-0.3, -0.25) is 0 Å². The summed E-state index contributed by atoms with van der Waals surface area (Å²) in [6.45, 7) is 4.64. The summed E-state index contributed by atoms with van der Waals surface area (Å²) >= 11 is 0. The molecule has 0 saturated heterocycles. The first kappa shape index (κ1) is 17.6. The van der Waals surface area contributed by atoms with E-state index in [0.29, 0.717) is 5.57 Å². The predicted molar refractivity (Wildman–Crippen MR) is 91.9 cm³/mol. The highest BCUT2D eigenvalue weighted by Crippen LogP contribution is 2.62. The Bertz CT molecular complexity index is 1180. The van der Waals surface area contributed by atoms with Crippen molar-refractivity contribution in [2.45, 2.75) is 28.8 Å². The maximum absolute atomic E-state index is 15.1. The first-order chi connectivity index (χ1) is 12.5. The molecule has 5 nitrogen and oxygen atoms in total. The second-order valence-corrected chi connectivity index (χ2v) is 8.98. The molecule has 8 heteroatoms. The molecule has 0 saturated carbocycles. The third-order valence-corrected chi connectivity index (χ3v) is 7.39. The van der Waals surface area contributed by atoms with E-state index >= 15 is 4.39 Å². The Balaban J connectivity index is 1.93. The van der Waals surface area contributed by atoms with Crippen molar-refractivity contribution >= 4 is 15.4 Å². The highest BCUT2D eigenvalue weighted by Gasteiger charge is 2.69. The average Bonchev–Trinajstić information content (AvgIpc) is 2.92. The summed E-state index contributed by atoms with van der Waals surface area (Å²) in [5.41, 5.74) is -1.83. The van der Waals surface area contributed by atoms with E-state index in [1.165, 1.54) is 12.1 Å². The van der Waals surface area contributed by atoms with E-state index < -0.39 is 26.3 Å². The molecule has 2 unspecified atom stereocenters. The smallest absolute Gasteiger partial charge is 0.245 e. The number of alkyl halides is 1. The van der Waals surface area contributed by atoms with E-state index in [1.54, 1.807) is 6.07 Å². The Morgan fingerprint density at radius 3 is 2.70 bits per heavy atom. The molecular formula is C19H13F2NO4S.